The van der Waals surface area contributed by atoms with Crippen LogP contribution < -0.4 is 20.2 Å². The summed E-state index contributed by atoms with van der Waals surface area (Å²) in [7, 11) is 0. The first-order chi connectivity index (χ1) is 14.1. The quantitative estimate of drug-likeness (QED) is 0.500. The van der Waals surface area contributed by atoms with Crippen molar-refractivity contribution in [1.29, 1.82) is 0 Å². The number of hydrogen-bond donors (Lipinski definition) is 2. The fourth-order valence-electron chi connectivity index (χ4n) is 3.29. The maximum absolute atomic E-state index is 12.0. The Morgan fingerprint density at radius 1 is 1.10 bits per heavy atom. The lowest BCUT2D eigenvalue weighted by molar-refractivity contribution is -0.119. The first kappa shape index (κ1) is 18.6. The fourth-order valence-corrected chi connectivity index (χ4v) is 3.29. The summed E-state index contributed by atoms with van der Waals surface area (Å²) in [5, 5.41) is 7.15. The number of benzene rings is 2. The van der Waals surface area contributed by atoms with Gasteiger partial charge in [-0.2, -0.15) is 5.10 Å². The molecule has 0 radical (unpaired) electrons. The lowest BCUT2D eigenvalue weighted by Crippen LogP contribution is -2.25. The summed E-state index contributed by atoms with van der Waals surface area (Å²) in [5.41, 5.74) is 7.43. The largest absolute Gasteiger partial charge is 0.454 e. The number of amides is 1. The Morgan fingerprint density at radius 2 is 1.90 bits per heavy atom. The van der Waals surface area contributed by atoms with E-state index in [4.69, 9.17) is 9.47 Å². The molecule has 0 saturated heterocycles. The lowest BCUT2D eigenvalue weighted by atomic mass is 10.2. The first-order valence-electron chi connectivity index (χ1n) is 9.31. The number of hydrazone groups is 1. The van der Waals surface area contributed by atoms with Gasteiger partial charge in [-0.3, -0.25) is 4.79 Å². The van der Waals surface area contributed by atoms with Gasteiger partial charge in [0.15, 0.2) is 11.5 Å². The number of ether oxygens (including phenoxy) is 2. The molecule has 7 heteroatoms. The van der Waals surface area contributed by atoms with Crippen molar-refractivity contribution in [1.82, 2.24) is 9.99 Å². The molecule has 1 aliphatic heterocycles. The molecule has 0 bridgehead atoms. The molecule has 148 valence electrons. The van der Waals surface area contributed by atoms with Crippen LogP contribution in [0.4, 0.5) is 5.69 Å². The molecule has 0 spiro atoms. The molecular formula is C22H22N4O3. The maximum atomic E-state index is 12.0. The summed E-state index contributed by atoms with van der Waals surface area (Å²) >= 11 is 0. The number of carbonyl (C=O) groups is 1. The van der Waals surface area contributed by atoms with Gasteiger partial charge in [0, 0.05) is 34.4 Å². The Morgan fingerprint density at radius 3 is 2.72 bits per heavy atom. The monoisotopic (exact) mass is 390 g/mol. The third kappa shape index (κ3) is 4.08. The van der Waals surface area contributed by atoms with Crippen LogP contribution in [0.3, 0.4) is 0 Å². The number of aryl methyl sites for hydroxylation is 1. The molecular weight excluding hydrogens is 368 g/mol. The van der Waals surface area contributed by atoms with Gasteiger partial charge in [-0.1, -0.05) is 18.2 Å². The zero-order chi connectivity index (χ0) is 20.2. The van der Waals surface area contributed by atoms with Crippen molar-refractivity contribution in [2.75, 3.05) is 18.7 Å². The number of fused-ring (bicyclic) bond motifs is 1. The summed E-state index contributed by atoms with van der Waals surface area (Å²) in [5.74, 6) is 1.28. The Kier molecular flexibility index (Phi) is 5.20. The fraction of sp³-hybridized carbons (Fsp3) is 0.182. The SMILES string of the molecule is Cc1cc(/C=N\NC(=O)CNc2ccccc2)c(C)n1-c1ccc2c(c1)OCO2. The van der Waals surface area contributed by atoms with Gasteiger partial charge in [0.2, 0.25) is 6.79 Å². The van der Waals surface area contributed by atoms with Gasteiger partial charge in [-0.25, -0.2) is 5.43 Å². The molecule has 1 amide bonds. The average molecular weight is 390 g/mol. The zero-order valence-electron chi connectivity index (χ0n) is 16.3. The minimum atomic E-state index is -0.213. The second kappa shape index (κ2) is 8.10. The third-order valence-electron chi connectivity index (χ3n) is 4.70. The minimum absolute atomic E-state index is 0.150. The van der Waals surface area contributed by atoms with Gasteiger partial charge in [0.1, 0.15) is 0 Å². The zero-order valence-corrected chi connectivity index (χ0v) is 16.3. The molecule has 0 saturated carbocycles. The van der Waals surface area contributed by atoms with Crippen molar-refractivity contribution < 1.29 is 14.3 Å². The molecule has 0 aliphatic carbocycles. The van der Waals surface area contributed by atoms with Crippen LogP contribution in [0.15, 0.2) is 59.7 Å². The topological polar surface area (TPSA) is 76.9 Å². The second-order valence-corrected chi connectivity index (χ2v) is 6.71. The van der Waals surface area contributed by atoms with E-state index in [0.717, 1.165) is 39.8 Å². The molecule has 2 heterocycles. The highest BCUT2D eigenvalue weighted by atomic mass is 16.7. The number of rotatable bonds is 6. The van der Waals surface area contributed by atoms with Crippen LogP contribution in [-0.2, 0) is 4.79 Å². The molecule has 2 aromatic carbocycles. The van der Waals surface area contributed by atoms with Crippen LogP contribution in [0.5, 0.6) is 11.5 Å². The smallest absolute Gasteiger partial charge is 0.259 e. The molecule has 7 nitrogen and oxygen atoms in total. The van der Waals surface area contributed by atoms with Crippen molar-refractivity contribution in [3.63, 3.8) is 0 Å². The highest BCUT2D eigenvalue weighted by Gasteiger charge is 2.16. The van der Waals surface area contributed by atoms with Crippen molar-refractivity contribution in [3.05, 3.63) is 71.5 Å². The number of anilines is 1. The van der Waals surface area contributed by atoms with E-state index < -0.39 is 0 Å². The molecule has 3 aromatic rings. The molecule has 0 atom stereocenters. The first-order valence-corrected chi connectivity index (χ1v) is 9.31. The summed E-state index contributed by atoms with van der Waals surface area (Å²) in [6.45, 7) is 4.44. The molecule has 29 heavy (non-hydrogen) atoms. The number of hydrogen-bond acceptors (Lipinski definition) is 5. The molecule has 0 unspecified atom stereocenters. The van der Waals surface area contributed by atoms with E-state index in [1.165, 1.54) is 0 Å². The molecule has 4 rings (SSSR count). The van der Waals surface area contributed by atoms with Crippen LogP contribution in [0, 0.1) is 13.8 Å². The second-order valence-electron chi connectivity index (χ2n) is 6.71. The van der Waals surface area contributed by atoms with E-state index in [0.29, 0.717) is 0 Å². The van der Waals surface area contributed by atoms with Crippen LogP contribution in [0.2, 0.25) is 0 Å². The van der Waals surface area contributed by atoms with E-state index in [1.807, 2.05) is 68.4 Å². The van der Waals surface area contributed by atoms with E-state index >= 15 is 0 Å². The minimum Gasteiger partial charge on any atom is -0.454 e. The van der Waals surface area contributed by atoms with Gasteiger partial charge < -0.3 is 19.4 Å². The van der Waals surface area contributed by atoms with Crippen molar-refractivity contribution in [3.8, 4) is 17.2 Å². The predicted molar refractivity (Wildman–Crippen MR) is 112 cm³/mol. The molecule has 1 aromatic heterocycles. The van der Waals surface area contributed by atoms with Crippen LogP contribution in [0.25, 0.3) is 5.69 Å². The van der Waals surface area contributed by atoms with Gasteiger partial charge in [0.25, 0.3) is 5.91 Å². The van der Waals surface area contributed by atoms with E-state index in [-0.39, 0.29) is 19.2 Å². The van der Waals surface area contributed by atoms with Gasteiger partial charge in [0.05, 0.1) is 12.8 Å². The Hall–Kier alpha value is -3.74. The summed E-state index contributed by atoms with van der Waals surface area (Å²) < 4.78 is 13.0. The van der Waals surface area contributed by atoms with E-state index in [2.05, 4.69) is 20.4 Å². The van der Waals surface area contributed by atoms with E-state index in [9.17, 15) is 4.79 Å². The standard InChI is InChI=1S/C22H22N4O3/c1-15-10-17(12-24-25-22(27)13-23-18-6-4-3-5-7-18)16(2)26(15)19-8-9-20-21(11-19)29-14-28-20/h3-12,23H,13-14H2,1-2H3,(H,25,27)/b24-12-. The van der Waals surface area contributed by atoms with Crippen molar-refractivity contribution in [2.24, 2.45) is 5.10 Å². The number of para-hydroxylation sites is 1. The number of carbonyl (C=O) groups excluding carboxylic acids is 1. The van der Waals surface area contributed by atoms with Gasteiger partial charge in [-0.15, -0.1) is 0 Å². The number of nitrogens with one attached hydrogen (secondary N) is 2. The number of aromatic nitrogens is 1. The number of nitrogens with zero attached hydrogens (tertiary/aromatic N) is 2. The Labute approximate surface area is 169 Å². The van der Waals surface area contributed by atoms with Crippen LogP contribution in [0.1, 0.15) is 17.0 Å². The Balaban J connectivity index is 1.42. The van der Waals surface area contributed by atoms with Crippen molar-refractivity contribution >= 4 is 17.8 Å². The maximum Gasteiger partial charge on any atom is 0.259 e. The molecule has 1 aliphatic rings. The highest BCUT2D eigenvalue weighted by Crippen LogP contribution is 2.34. The normalized spacial score (nSPS) is 12.3. The van der Waals surface area contributed by atoms with Crippen molar-refractivity contribution in [2.45, 2.75) is 13.8 Å². The molecule has 0 fully saturated rings. The third-order valence-corrected chi connectivity index (χ3v) is 4.70. The van der Waals surface area contributed by atoms with Crippen LogP contribution in [-0.4, -0.2) is 30.0 Å². The highest BCUT2D eigenvalue weighted by molar-refractivity contribution is 5.85. The lowest BCUT2D eigenvalue weighted by Gasteiger charge is -2.10. The summed E-state index contributed by atoms with van der Waals surface area (Å²) in [6.07, 6.45) is 1.66. The summed E-state index contributed by atoms with van der Waals surface area (Å²) in [4.78, 5) is 12.0. The van der Waals surface area contributed by atoms with Gasteiger partial charge in [-0.05, 0) is 44.2 Å². The predicted octanol–water partition coefficient (Wildman–Crippen LogP) is 3.39. The van der Waals surface area contributed by atoms with Crippen LogP contribution >= 0.6 is 0 Å². The Bertz CT molecular complexity index is 1060. The average Bonchev–Trinajstić information content (AvgIpc) is 3.30. The van der Waals surface area contributed by atoms with Gasteiger partial charge >= 0.3 is 0 Å². The van der Waals surface area contributed by atoms with E-state index in [1.54, 1.807) is 6.21 Å². The summed E-state index contributed by atoms with van der Waals surface area (Å²) in [6, 6.07) is 17.4. The molecule has 2 N–H and O–H groups in total.